The lowest BCUT2D eigenvalue weighted by molar-refractivity contribution is -0.108. The minimum Gasteiger partial charge on any atom is -0.388 e. The molecule has 0 aliphatic carbocycles. The number of alkyl halides is 3. The van der Waals surface area contributed by atoms with Crippen molar-refractivity contribution in [2.75, 3.05) is 0 Å². The molecule has 0 aliphatic heterocycles. The van der Waals surface area contributed by atoms with Crippen LogP contribution in [0.5, 0.6) is 0 Å². The van der Waals surface area contributed by atoms with Crippen LogP contribution in [-0.4, -0.2) is 17.4 Å². The predicted octanol–water partition coefficient (Wildman–Crippen LogP) is 2.12. The molecule has 0 aliphatic rings. The summed E-state index contributed by atoms with van der Waals surface area (Å²) in [5, 5.41) is 8.91. The van der Waals surface area contributed by atoms with Gasteiger partial charge in [0.2, 0.25) is 0 Å². The third-order valence-corrected chi connectivity index (χ3v) is 1.35. The monoisotopic (exact) mass is 168 g/mol. The number of aliphatic hydroxyl groups excluding tert-OH is 1. The molecule has 4 heteroatoms. The van der Waals surface area contributed by atoms with Crippen LogP contribution in [0.2, 0.25) is 0 Å². The highest BCUT2D eigenvalue weighted by Crippen LogP contribution is 2.29. The molecular weight excluding hydrogens is 157 g/mol. The summed E-state index contributed by atoms with van der Waals surface area (Å²) in [6.45, 7) is 5.78. The van der Waals surface area contributed by atoms with Crippen LogP contribution in [0.15, 0.2) is 12.2 Å². The molecule has 0 aromatic rings. The van der Waals surface area contributed by atoms with Crippen molar-refractivity contribution in [2.45, 2.75) is 26.1 Å². The highest BCUT2D eigenvalue weighted by molar-refractivity contribution is 5.09. The summed E-state index contributed by atoms with van der Waals surface area (Å²) in [6, 6.07) is 0. The van der Waals surface area contributed by atoms with Gasteiger partial charge >= 0.3 is 6.18 Å². The Labute approximate surface area is 63.5 Å². The highest BCUT2D eigenvalue weighted by Gasteiger charge is 2.37. The second-order valence-electron chi connectivity index (χ2n) is 2.71. The number of hydrogen-bond donors (Lipinski definition) is 1. The van der Waals surface area contributed by atoms with Gasteiger partial charge in [0, 0.05) is 0 Å². The molecule has 1 unspecified atom stereocenters. The second kappa shape index (κ2) is 3.26. The Hall–Kier alpha value is -0.510. The number of halogens is 3. The van der Waals surface area contributed by atoms with Crippen LogP contribution >= 0.6 is 0 Å². The molecule has 0 spiro atoms. The summed E-state index contributed by atoms with van der Waals surface area (Å²) < 4.78 is 35.4. The maximum Gasteiger partial charge on any atom is 0.414 e. The lowest BCUT2D eigenvalue weighted by atomic mass is 10.0. The minimum absolute atomic E-state index is 0.455. The molecular formula is C7H11F3O. The Kier molecular flexibility index (Phi) is 3.11. The maximum absolute atomic E-state index is 11.8. The van der Waals surface area contributed by atoms with Gasteiger partial charge in [-0.2, -0.15) is 13.2 Å². The van der Waals surface area contributed by atoms with Crippen LogP contribution in [0.25, 0.3) is 0 Å². The summed E-state index contributed by atoms with van der Waals surface area (Å²) in [5.74, 6) is -0.455. The van der Waals surface area contributed by atoms with Gasteiger partial charge in [0.25, 0.3) is 0 Å². The Bertz CT molecular complexity index is 148. The molecule has 1 nitrogen and oxygen atoms in total. The van der Waals surface area contributed by atoms with Gasteiger partial charge in [-0.25, -0.2) is 0 Å². The lowest BCUT2D eigenvalue weighted by Crippen LogP contribution is -2.27. The van der Waals surface area contributed by atoms with Crippen molar-refractivity contribution < 1.29 is 18.3 Å². The van der Waals surface area contributed by atoms with Crippen LogP contribution in [0.3, 0.4) is 0 Å². The summed E-state index contributed by atoms with van der Waals surface area (Å²) in [4.78, 5) is 0. The first-order valence-corrected chi connectivity index (χ1v) is 3.21. The van der Waals surface area contributed by atoms with E-state index in [1.807, 2.05) is 0 Å². The van der Waals surface area contributed by atoms with E-state index in [4.69, 9.17) is 5.11 Å². The van der Waals surface area contributed by atoms with Gasteiger partial charge < -0.3 is 5.11 Å². The van der Waals surface area contributed by atoms with Gasteiger partial charge in [0.1, 0.15) is 0 Å². The van der Waals surface area contributed by atoms with E-state index in [9.17, 15) is 13.2 Å². The lowest BCUT2D eigenvalue weighted by Gasteiger charge is -2.19. The molecule has 0 saturated carbocycles. The number of rotatable bonds is 2. The van der Waals surface area contributed by atoms with E-state index in [0.29, 0.717) is 0 Å². The fraction of sp³-hybridized carbons (Fsp3) is 0.714. The molecule has 0 aromatic heterocycles. The molecule has 66 valence electrons. The minimum atomic E-state index is -4.48. The molecule has 0 rings (SSSR count). The van der Waals surface area contributed by atoms with Gasteiger partial charge in [-0.3, -0.25) is 0 Å². The van der Waals surface area contributed by atoms with E-state index >= 15 is 0 Å². The average Bonchev–Trinajstić information content (AvgIpc) is 1.82. The Morgan fingerprint density at radius 1 is 1.36 bits per heavy atom. The molecule has 0 bridgehead atoms. The van der Waals surface area contributed by atoms with Gasteiger partial charge in [-0.1, -0.05) is 20.4 Å². The van der Waals surface area contributed by atoms with E-state index in [1.54, 1.807) is 0 Å². The molecule has 1 atom stereocenters. The summed E-state index contributed by atoms with van der Waals surface area (Å²) in [7, 11) is 0. The summed E-state index contributed by atoms with van der Waals surface area (Å²) >= 11 is 0. The first-order valence-electron chi connectivity index (χ1n) is 3.21. The predicted molar refractivity (Wildman–Crippen MR) is 36.0 cm³/mol. The SMILES string of the molecule is C=C(C(O)C(C)C)C(F)(F)F. The van der Waals surface area contributed by atoms with E-state index in [-0.39, 0.29) is 0 Å². The number of aliphatic hydroxyl groups is 1. The molecule has 0 saturated heterocycles. The largest absolute Gasteiger partial charge is 0.414 e. The van der Waals surface area contributed by atoms with Crippen molar-refractivity contribution in [2.24, 2.45) is 5.92 Å². The van der Waals surface area contributed by atoms with Gasteiger partial charge in [-0.15, -0.1) is 0 Å². The zero-order chi connectivity index (χ0) is 9.23. The van der Waals surface area contributed by atoms with Crippen molar-refractivity contribution in [3.05, 3.63) is 12.2 Å². The first kappa shape index (κ1) is 10.5. The van der Waals surface area contributed by atoms with Crippen molar-refractivity contribution in [1.82, 2.24) is 0 Å². The van der Waals surface area contributed by atoms with Crippen LogP contribution in [0.1, 0.15) is 13.8 Å². The molecule has 0 fully saturated rings. The summed E-state index contributed by atoms with van der Waals surface area (Å²) in [5.41, 5.74) is -1.08. The van der Waals surface area contributed by atoms with Crippen LogP contribution in [0.4, 0.5) is 13.2 Å². The zero-order valence-electron chi connectivity index (χ0n) is 6.44. The zero-order valence-corrected chi connectivity index (χ0v) is 6.44. The Balaban J connectivity index is 4.26. The first-order chi connectivity index (χ1) is 4.76. The van der Waals surface area contributed by atoms with Crippen molar-refractivity contribution in [3.63, 3.8) is 0 Å². The van der Waals surface area contributed by atoms with Gasteiger partial charge in [0.05, 0.1) is 11.7 Å². The summed E-state index contributed by atoms with van der Waals surface area (Å²) in [6.07, 6.45) is -5.97. The van der Waals surface area contributed by atoms with E-state index in [1.165, 1.54) is 13.8 Å². The fourth-order valence-electron chi connectivity index (χ4n) is 0.570. The number of hydrogen-bond acceptors (Lipinski definition) is 1. The molecule has 1 N–H and O–H groups in total. The molecule has 0 aromatic carbocycles. The smallest absolute Gasteiger partial charge is 0.388 e. The molecule has 0 amide bonds. The van der Waals surface area contributed by atoms with E-state index < -0.39 is 23.8 Å². The van der Waals surface area contributed by atoms with Crippen LogP contribution in [-0.2, 0) is 0 Å². The van der Waals surface area contributed by atoms with Crippen LogP contribution in [0, 0.1) is 5.92 Å². The standard InChI is InChI=1S/C7H11F3O/c1-4(2)6(11)5(3)7(8,9)10/h4,6,11H,3H2,1-2H3. The Morgan fingerprint density at radius 2 is 1.73 bits per heavy atom. The molecule has 11 heavy (non-hydrogen) atoms. The van der Waals surface area contributed by atoms with Crippen molar-refractivity contribution in [3.8, 4) is 0 Å². The normalized spacial score (nSPS) is 15.2. The van der Waals surface area contributed by atoms with E-state index in [2.05, 4.69) is 6.58 Å². The second-order valence-corrected chi connectivity index (χ2v) is 2.71. The fourth-order valence-corrected chi connectivity index (χ4v) is 0.570. The van der Waals surface area contributed by atoms with E-state index in [0.717, 1.165) is 0 Å². The van der Waals surface area contributed by atoms with Crippen LogP contribution < -0.4 is 0 Å². The average molecular weight is 168 g/mol. The Morgan fingerprint density at radius 3 is 1.82 bits per heavy atom. The van der Waals surface area contributed by atoms with Gasteiger partial charge in [-0.05, 0) is 5.92 Å². The highest BCUT2D eigenvalue weighted by atomic mass is 19.4. The molecule has 0 heterocycles. The maximum atomic E-state index is 11.8. The molecule has 0 radical (unpaired) electrons. The van der Waals surface area contributed by atoms with Gasteiger partial charge in [0.15, 0.2) is 0 Å². The third-order valence-electron chi connectivity index (χ3n) is 1.35. The van der Waals surface area contributed by atoms with Crippen molar-refractivity contribution in [1.29, 1.82) is 0 Å². The third kappa shape index (κ3) is 2.93. The quantitative estimate of drug-likeness (QED) is 0.626. The topological polar surface area (TPSA) is 20.2 Å². The van der Waals surface area contributed by atoms with Crippen molar-refractivity contribution >= 4 is 0 Å².